The summed E-state index contributed by atoms with van der Waals surface area (Å²) in [5.41, 5.74) is 0. The van der Waals surface area contributed by atoms with Gasteiger partial charge in [0.15, 0.2) is 6.29 Å². The Labute approximate surface area is 303 Å². The number of carbonyl (C=O) groups excluding carboxylic acids is 1. The molecule has 0 bridgehead atoms. The van der Waals surface area contributed by atoms with Crippen LogP contribution in [0.5, 0.6) is 0 Å². The molecule has 0 aromatic carbocycles. The van der Waals surface area contributed by atoms with E-state index in [1.54, 1.807) is 0 Å². The largest absolute Gasteiger partial charge is 0.457 e. The normalized spacial score (nSPS) is 22.1. The van der Waals surface area contributed by atoms with Gasteiger partial charge in [-0.15, -0.1) is 0 Å². The molecular weight excluding hydrogens is 636 g/mol. The number of esters is 1. The Bertz CT molecular complexity index is 900. The number of allylic oxidation sites excluding steroid dienone is 8. The van der Waals surface area contributed by atoms with Gasteiger partial charge in [-0.3, -0.25) is 4.79 Å². The van der Waals surface area contributed by atoms with Crippen LogP contribution in [0.25, 0.3) is 0 Å². The van der Waals surface area contributed by atoms with Crippen LogP contribution in [0.1, 0.15) is 142 Å². The van der Waals surface area contributed by atoms with Crippen LogP contribution in [0.4, 0.5) is 0 Å². The first-order valence-electron chi connectivity index (χ1n) is 19.7. The van der Waals surface area contributed by atoms with Gasteiger partial charge in [0.05, 0.1) is 19.8 Å². The van der Waals surface area contributed by atoms with Crippen molar-refractivity contribution in [3.63, 3.8) is 0 Å². The van der Waals surface area contributed by atoms with Crippen LogP contribution >= 0.6 is 0 Å². The summed E-state index contributed by atoms with van der Waals surface area (Å²) >= 11 is 0. The fraction of sp³-hybridized carbons (Fsp3) is 0.780. The number of aliphatic hydroxyl groups excluding tert-OH is 4. The summed E-state index contributed by atoms with van der Waals surface area (Å²) in [5, 5.41) is 39.9. The monoisotopic (exact) mass is 709 g/mol. The molecule has 0 radical (unpaired) electrons. The predicted molar refractivity (Wildman–Crippen MR) is 201 cm³/mol. The summed E-state index contributed by atoms with van der Waals surface area (Å²) in [7, 11) is 0. The molecule has 9 nitrogen and oxygen atoms in total. The van der Waals surface area contributed by atoms with Gasteiger partial charge in [0, 0.05) is 13.0 Å². The number of hydrogen-bond acceptors (Lipinski definition) is 9. The Kier molecular flexibility index (Phi) is 30.5. The smallest absolute Gasteiger partial charge is 0.306 e. The predicted octanol–water partition coefficient (Wildman–Crippen LogP) is 7.80. The summed E-state index contributed by atoms with van der Waals surface area (Å²) in [5.74, 6) is -0.332. The third-order valence-electron chi connectivity index (χ3n) is 8.73. The van der Waals surface area contributed by atoms with E-state index in [2.05, 4.69) is 62.5 Å². The van der Waals surface area contributed by atoms with Crippen molar-refractivity contribution in [1.82, 2.24) is 0 Å². The van der Waals surface area contributed by atoms with Crippen LogP contribution in [0.15, 0.2) is 48.6 Å². The van der Waals surface area contributed by atoms with E-state index in [1.807, 2.05) is 0 Å². The van der Waals surface area contributed by atoms with Crippen LogP contribution < -0.4 is 0 Å². The molecule has 50 heavy (non-hydrogen) atoms. The molecule has 0 aromatic rings. The Morgan fingerprint density at radius 2 is 1.22 bits per heavy atom. The zero-order valence-electron chi connectivity index (χ0n) is 31.4. The molecular formula is C41H72O9. The molecule has 0 aliphatic carbocycles. The molecule has 6 atom stereocenters. The average Bonchev–Trinajstić information content (AvgIpc) is 3.11. The van der Waals surface area contributed by atoms with E-state index < -0.39 is 43.4 Å². The summed E-state index contributed by atoms with van der Waals surface area (Å²) in [6.07, 6.45) is 31.4. The molecule has 1 fully saturated rings. The molecule has 9 heteroatoms. The Morgan fingerprint density at radius 1 is 0.660 bits per heavy atom. The van der Waals surface area contributed by atoms with Gasteiger partial charge in [-0.25, -0.2) is 0 Å². The van der Waals surface area contributed by atoms with Crippen LogP contribution in [0.2, 0.25) is 0 Å². The highest BCUT2D eigenvalue weighted by molar-refractivity contribution is 5.69. The maximum atomic E-state index is 12.7. The van der Waals surface area contributed by atoms with Crippen LogP contribution in [0.3, 0.4) is 0 Å². The quantitative estimate of drug-likeness (QED) is 0.0314. The maximum Gasteiger partial charge on any atom is 0.306 e. The van der Waals surface area contributed by atoms with Gasteiger partial charge in [0.1, 0.15) is 30.5 Å². The number of ether oxygens (including phenoxy) is 4. The second-order valence-electron chi connectivity index (χ2n) is 13.3. The van der Waals surface area contributed by atoms with Crippen LogP contribution in [-0.2, 0) is 23.7 Å². The van der Waals surface area contributed by atoms with Gasteiger partial charge in [-0.1, -0.05) is 120 Å². The van der Waals surface area contributed by atoms with Gasteiger partial charge in [0.25, 0.3) is 0 Å². The number of aliphatic hydroxyl groups is 4. The van der Waals surface area contributed by atoms with Crippen molar-refractivity contribution in [2.75, 3.05) is 26.4 Å². The molecule has 4 N–H and O–H groups in total. The molecule has 6 unspecified atom stereocenters. The first-order chi connectivity index (χ1) is 24.4. The molecule has 1 heterocycles. The molecule has 0 aromatic heterocycles. The van der Waals surface area contributed by atoms with E-state index in [9.17, 15) is 25.2 Å². The maximum absolute atomic E-state index is 12.7. The molecule has 0 saturated carbocycles. The molecule has 0 spiro atoms. The van der Waals surface area contributed by atoms with E-state index in [0.29, 0.717) is 13.0 Å². The van der Waals surface area contributed by atoms with Gasteiger partial charge in [0.2, 0.25) is 0 Å². The molecule has 1 aliphatic rings. The highest BCUT2D eigenvalue weighted by Gasteiger charge is 2.44. The first-order valence-corrected chi connectivity index (χ1v) is 19.7. The van der Waals surface area contributed by atoms with Crippen molar-refractivity contribution in [3.8, 4) is 0 Å². The number of hydrogen-bond donors (Lipinski definition) is 4. The lowest BCUT2D eigenvalue weighted by Crippen LogP contribution is -2.59. The average molecular weight is 709 g/mol. The highest BCUT2D eigenvalue weighted by Crippen LogP contribution is 2.22. The van der Waals surface area contributed by atoms with E-state index >= 15 is 0 Å². The summed E-state index contributed by atoms with van der Waals surface area (Å²) < 4.78 is 22.7. The van der Waals surface area contributed by atoms with Gasteiger partial charge < -0.3 is 39.4 Å². The van der Waals surface area contributed by atoms with Gasteiger partial charge in [-0.2, -0.15) is 0 Å². The minimum atomic E-state index is -1.54. The van der Waals surface area contributed by atoms with E-state index in [4.69, 9.17) is 18.9 Å². The van der Waals surface area contributed by atoms with Crippen molar-refractivity contribution in [2.45, 2.75) is 179 Å². The van der Waals surface area contributed by atoms with Crippen molar-refractivity contribution < 1.29 is 44.2 Å². The van der Waals surface area contributed by atoms with E-state index in [1.165, 1.54) is 32.1 Å². The SMILES string of the molecule is CC/C=C\C/C=C\C/C=C\CCCCCCCCOCC(COC1OC(CO)C(O)C(O)C1O)OC(=O)CCCCCCC/C=C\CCCC. The molecule has 290 valence electrons. The topological polar surface area (TPSA) is 135 Å². The third kappa shape index (κ3) is 24.4. The lowest BCUT2D eigenvalue weighted by Gasteiger charge is -2.39. The van der Waals surface area contributed by atoms with E-state index in [-0.39, 0.29) is 19.2 Å². The molecule has 1 rings (SSSR count). The van der Waals surface area contributed by atoms with Crippen molar-refractivity contribution in [2.24, 2.45) is 0 Å². The number of unbranched alkanes of at least 4 members (excludes halogenated alkanes) is 13. The van der Waals surface area contributed by atoms with Crippen LogP contribution in [0, 0.1) is 0 Å². The lowest BCUT2D eigenvalue weighted by molar-refractivity contribution is -0.305. The summed E-state index contributed by atoms with van der Waals surface area (Å²) in [6.45, 7) is 4.34. The molecule has 0 amide bonds. The standard InChI is InChI=1S/C41H72O9/c1-3-5-7-9-11-13-15-16-17-18-19-21-23-25-27-29-31-47-33-35(34-48-41-40(46)39(45)38(44)36(32-42)50-41)49-37(43)30-28-26-24-22-20-14-12-10-8-6-4-2/h5,7,10-13,16-17,35-36,38-42,44-46H,3-4,6,8-9,14-15,18-34H2,1-2H3/b7-5-,12-10-,13-11-,17-16-. The van der Waals surface area contributed by atoms with Crippen LogP contribution in [-0.4, -0.2) is 89.6 Å². The first kappa shape index (κ1) is 46.2. The highest BCUT2D eigenvalue weighted by atomic mass is 16.7. The van der Waals surface area contributed by atoms with Crippen molar-refractivity contribution >= 4 is 5.97 Å². The second-order valence-corrected chi connectivity index (χ2v) is 13.3. The van der Waals surface area contributed by atoms with Crippen molar-refractivity contribution in [1.29, 1.82) is 0 Å². The zero-order chi connectivity index (χ0) is 36.5. The summed E-state index contributed by atoms with van der Waals surface area (Å²) in [4.78, 5) is 12.7. The van der Waals surface area contributed by atoms with Crippen molar-refractivity contribution in [3.05, 3.63) is 48.6 Å². The number of rotatable bonds is 32. The fourth-order valence-electron chi connectivity index (χ4n) is 5.60. The third-order valence-corrected chi connectivity index (χ3v) is 8.73. The van der Waals surface area contributed by atoms with E-state index in [0.717, 1.165) is 89.9 Å². The van der Waals surface area contributed by atoms with Gasteiger partial charge in [-0.05, 0) is 64.2 Å². The Hall–Kier alpha value is -1.85. The Morgan fingerprint density at radius 3 is 1.86 bits per heavy atom. The minimum Gasteiger partial charge on any atom is -0.457 e. The van der Waals surface area contributed by atoms with Gasteiger partial charge >= 0.3 is 5.97 Å². The summed E-state index contributed by atoms with van der Waals surface area (Å²) in [6, 6.07) is 0. The number of carbonyl (C=O) groups is 1. The zero-order valence-corrected chi connectivity index (χ0v) is 31.4. The fourth-order valence-corrected chi connectivity index (χ4v) is 5.60. The molecule has 1 aliphatic heterocycles. The molecule has 1 saturated heterocycles. The minimum absolute atomic E-state index is 0.124. The lowest BCUT2D eigenvalue weighted by atomic mass is 9.99. The second kappa shape index (κ2) is 33.0. The Balaban J connectivity index is 2.33.